The number of hydrogen-bond acceptors (Lipinski definition) is 2. The number of hydrogen-bond donors (Lipinski definition) is 2. The Morgan fingerprint density at radius 3 is 3.17 bits per heavy atom. The third-order valence-corrected chi connectivity index (χ3v) is 2.45. The van der Waals surface area contributed by atoms with Crippen molar-refractivity contribution in [2.45, 2.75) is 19.4 Å². The van der Waals surface area contributed by atoms with Crippen molar-refractivity contribution in [3.8, 4) is 0 Å². The summed E-state index contributed by atoms with van der Waals surface area (Å²) < 4.78 is 0. The van der Waals surface area contributed by atoms with E-state index in [1.165, 1.54) is 5.57 Å². The van der Waals surface area contributed by atoms with Crippen molar-refractivity contribution in [1.82, 2.24) is 5.32 Å². The molecule has 0 bridgehead atoms. The second-order valence-electron chi connectivity index (χ2n) is 3.25. The molecule has 0 aromatic heterocycles. The standard InChI is InChI=1S/C10H13NO/c1-2-7-5-8-3-4-11-10(8)9(12)6-7/h3-6,8,10-12H,2H2,1H3. The van der Waals surface area contributed by atoms with Crippen LogP contribution in [0.2, 0.25) is 0 Å². The SMILES string of the molecule is CCC1=CC2C=CNC2C(O)=C1. The normalized spacial score (nSPS) is 32.1. The lowest BCUT2D eigenvalue weighted by Crippen LogP contribution is -2.30. The Bertz CT molecular complexity index is 276. The Morgan fingerprint density at radius 1 is 1.58 bits per heavy atom. The summed E-state index contributed by atoms with van der Waals surface area (Å²) in [6.07, 6.45) is 9.06. The maximum Gasteiger partial charge on any atom is 0.116 e. The summed E-state index contributed by atoms with van der Waals surface area (Å²) in [5, 5.41) is 12.7. The van der Waals surface area contributed by atoms with Crippen molar-refractivity contribution in [1.29, 1.82) is 0 Å². The Hall–Kier alpha value is -1.18. The molecule has 1 aliphatic heterocycles. The van der Waals surface area contributed by atoms with Crippen molar-refractivity contribution >= 4 is 0 Å². The van der Waals surface area contributed by atoms with Gasteiger partial charge < -0.3 is 10.4 Å². The highest BCUT2D eigenvalue weighted by Crippen LogP contribution is 2.27. The molecule has 2 N–H and O–H groups in total. The van der Waals surface area contributed by atoms with Crippen LogP contribution in [0.25, 0.3) is 0 Å². The molecule has 64 valence electrons. The first-order valence-electron chi connectivity index (χ1n) is 4.35. The summed E-state index contributed by atoms with van der Waals surface area (Å²) in [6, 6.07) is 0.0975. The fraction of sp³-hybridized carbons (Fsp3) is 0.400. The maximum absolute atomic E-state index is 9.60. The molecule has 0 aromatic rings. The molecule has 2 unspecified atom stereocenters. The Labute approximate surface area is 72.3 Å². The summed E-state index contributed by atoms with van der Waals surface area (Å²) in [7, 11) is 0. The van der Waals surface area contributed by atoms with Crippen LogP contribution in [0.3, 0.4) is 0 Å². The van der Waals surface area contributed by atoms with Crippen LogP contribution >= 0.6 is 0 Å². The molecule has 0 radical (unpaired) electrons. The van der Waals surface area contributed by atoms with Gasteiger partial charge in [0, 0.05) is 5.92 Å². The summed E-state index contributed by atoms with van der Waals surface area (Å²) >= 11 is 0. The van der Waals surface area contributed by atoms with Crippen molar-refractivity contribution < 1.29 is 5.11 Å². The second kappa shape index (κ2) is 2.70. The molecule has 0 aromatic carbocycles. The number of fused-ring (bicyclic) bond motifs is 1. The van der Waals surface area contributed by atoms with E-state index in [4.69, 9.17) is 0 Å². The van der Waals surface area contributed by atoms with Gasteiger partial charge in [-0.1, -0.05) is 19.1 Å². The quantitative estimate of drug-likeness (QED) is 0.618. The van der Waals surface area contributed by atoms with Crippen molar-refractivity contribution in [3.63, 3.8) is 0 Å². The summed E-state index contributed by atoms with van der Waals surface area (Å²) in [6.45, 7) is 2.10. The largest absolute Gasteiger partial charge is 0.510 e. The van der Waals surface area contributed by atoms with Gasteiger partial charge in [-0.15, -0.1) is 0 Å². The lowest BCUT2D eigenvalue weighted by Gasteiger charge is -2.21. The van der Waals surface area contributed by atoms with E-state index in [1.807, 2.05) is 12.3 Å². The third kappa shape index (κ3) is 1.04. The van der Waals surface area contributed by atoms with E-state index in [2.05, 4.69) is 24.4 Å². The van der Waals surface area contributed by atoms with Crippen molar-refractivity contribution in [2.75, 3.05) is 0 Å². The first-order valence-corrected chi connectivity index (χ1v) is 4.35. The van der Waals surface area contributed by atoms with Crippen LogP contribution in [0, 0.1) is 5.92 Å². The molecule has 0 amide bonds. The van der Waals surface area contributed by atoms with Crippen molar-refractivity contribution in [2.24, 2.45) is 5.92 Å². The minimum absolute atomic E-state index is 0.0975. The van der Waals surface area contributed by atoms with E-state index in [9.17, 15) is 5.11 Å². The smallest absolute Gasteiger partial charge is 0.116 e. The van der Waals surface area contributed by atoms with E-state index >= 15 is 0 Å². The third-order valence-electron chi connectivity index (χ3n) is 2.45. The molecule has 0 saturated carbocycles. The van der Waals surface area contributed by atoms with E-state index in [-0.39, 0.29) is 6.04 Å². The summed E-state index contributed by atoms with van der Waals surface area (Å²) in [5.41, 5.74) is 1.22. The summed E-state index contributed by atoms with van der Waals surface area (Å²) in [5.74, 6) is 0.814. The first kappa shape index (κ1) is 7.47. The zero-order valence-electron chi connectivity index (χ0n) is 7.12. The molecule has 2 aliphatic rings. The topological polar surface area (TPSA) is 32.3 Å². The van der Waals surface area contributed by atoms with Crippen LogP contribution < -0.4 is 5.32 Å². The molecule has 2 nitrogen and oxygen atoms in total. The molecule has 0 spiro atoms. The zero-order chi connectivity index (χ0) is 8.55. The second-order valence-corrected chi connectivity index (χ2v) is 3.25. The Morgan fingerprint density at radius 2 is 2.42 bits per heavy atom. The molecule has 0 saturated heterocycles. The molecular weight excluding hydrogens is 150 g/mol. The minimum Gasteiger partial charge on any atom is -0.510 e. The van der Waals surface area contributed by atoms with Crippen LogP contribution in [0.1, 0.15) is 13.3 Å². The van der Waals surface area contributed by atoms with Gasteiger partial charge in [0.05, 0.1) is 6.04 Å². The van der Waals surface area contributed by atoms with E-state index in [0.29, 0.717) is 11.7 Å². The lowest BCUT2D eigenvalue weighted by atomic mass is 9.91. The average Bonchev–Trinajstić information content (AvgIpc) is 2.52. The molecule has 1 heterocycles. The van der Waals surface area contributed by atoms with Gasteiger partial charge in [-0.3, -0.25) is 0 Å². The van der Waals surface area contributed by atoms with Crippen LogP contribution in [0.5, 0.6) is 0 Å². The number of allylic oxidation sites excluding steroid dienone is 2. The van der Waals surface area contributed by atoms with Crippen LogP contribution in [-0.4, -0.2) is 11.1 Å². The van der Waals surface area contributed by atoms with E-state index in [0.717, 1.165) is 6.42 Å². The van der Waals surface area contributed by atoms with Gasteiger partial charge >= 0.3 is 0 Å². The predicted octanol–water partition coefficient (Wildman–Crippen LogP) is 1.88. The number of rotatable bonds is 1. The highest BCUT2D eigenvalue weighted by Gasteiger charge is 2.27. The molecule has 2 heteroatoms. The van der Waals surface area contributed by atoms with Crippen LogP contribution in [-0.2, 0) is 0 Å². The summed E-state index contributed by atoms with van der Waals surface area (Å²) in [4.78, 5) is 0. The van der Waals surface area contributed by atoms with Crippen LogP contribution in [0.15, 0.2) is 35.8 Å². The fourth-order valence-corrected chi connectivity index (χ4v) is 1.72. The zero-order valence-corrected chi connectivity index (χ0v) is 7.12. The van der Waals surface area contributed by atoms with Gasteiger partial charge in [-0.25, -0.2) is 0 Å². The first-order chi connectivity index (χ1) is 5.81. The van der Waals surface area contributed by atoms with Crippen LogP contribution in [0.4, 0.5) is 0 Å². The monoisotopic (exact) mass is 163 g/mol. The number of nitrogens with one attached hydrogen (secondary N) is 1. The molecule has 0 fully saturated rings. The van der Waals surface area contributed by atoms with Crippen molar-refractivity contribution in [3.05, 3.63) is 35.8 Å². The van der Waals surface area contributed by atoms with Gasteiger partial charge in [-0.2, -0.15) is 0 Å². The molecule has 2 atom stereocenters. The minimum atomic E-state index is 0.0975. The molecule has 1 aliphatic carbocycles. The van der Waals surface area contributed by atoms with E-state index < -0.39 is 0 Å². The molecule has 2 rings (SSSR count). The van der Waals surface area contributed by atoms with E-state index in [1.54, 1.807) is 0 Å². The fourth-order valence-electron chi connectivity index (χ4n) is 1.72. The van der Waals surface area contributed by atoms with Gasteiger partial charge in [0.15, 0.2) is 0 Å². The Kier molecular flexibility index (Phi) is 1.68. The highest BCUT2D eigenvalue weighted by molar-refractivity contribution is 5.34. The number of aliphatic hydroxyl groups is 1. The highest BCUT2D eigenvalue weighted by atomic mass is 16.3. The molecular formula is C10H13NO. The average molecular weight is 163 g/mol. The van der Waals surface area contributed by atoms with Gasteiger partial charge in [-0.05, 0) is 24.3 Å². The molecule has 12 heavy (non-hydrogen) atoms. The predicted molar refractivity (Wildman–Crippen MR) is 48.6 cm³/mol. The van der Waals surface area contributed by atoms with Gasteiger partial charge in [0.2, 0.25) is 0 Å². The van der Waals surface area contributed by atoms with Gasteiger partial charge in [0.25, 0.3) is 0 Å². The van der Waals surface area contributed by atoms with Gasteiger partial charge in [0.1, 0.15) is 5.76 Å². The maximum atomic E-state index is 9.60. The number of aliphatic hydroxyl groups excluding tert-OH is 1. The Balaban J connectivity index is 2.28. The lowest BCUT2D eigenvalue weighted by molar-refractivity contribution is 0.337.